The molecule has 8 heteroatoms. The van der Waals surface area contributed by atoms with E-state index in [0.29, 0.717) is 31.2 Å². The molecule has 1 N–H and O–H groups in total. The summed E-state index contributed by atoms with van der Waals surface area (Å²) in [4.78, 5) is 21.5. The Labute approximate surface area is 179 Å². The highest BCUT2D eigenvalue weighted by Gasteiger charge is 2.25. The van der Waals surface area contributed by atoms with E-state index >= 15 is 0 Å². The number of methoxy groups -OCH3 is 1. The highest BCUT2D eigenvalue weighted by Crippen LogP contribution is 2.24. The zero-order chi connectivity index (χ0) is 21.2. The Morgan fingerprint density at radius 2 is 1.87 bits per heavy atom. The molecule has 0 aliphatic carbocycles. The van der Waals surface area contributed by atoms with E-state index in [1.54, 1.807) is 13.3 Å². The van der Waals surface area contributed by atoms with Crippen LogP contribution in [0.4, 0.5) is 0 Å². The van der Waals surface area contributed by atoms with Crippen LogP contribution in [-0.4, -0.2) is 64.2 Å². The summed E-state index contributed by atoms with van der Waals surface area (Å²) in [5.74, 6) is 2.18. The Balaban J connectivity index is 1.19. The smallest absolute Gasteiger partial charge is 0.275 e. The Morgan fingerprint density at radius 1 is 1.10 bits per heavy atom. The van der Waals surface area contributed by atoms with Gasteiger partial charge in [-0.25, -0.2) is 4.98 Å². The lowest BCUT2D eigenvalue weighted by Crippen LogP contribution is -2.48. The van der Waals surface area contributed by atoms with Gasteiger partial charge in [0, 0.05) is 37.1 Å². The number of piperazine rings is 1. The van der Waals surface area contributed by atoms with Crippen LogP contribution in [-0.2, 0) is 6.54 Å². The Morgan fingerprint density at radius 3 is 2.65 bits per heavy atom. The lowest BCUT2D eigenvalue weighted by atomic mass is 10.2. The van der Waals surface area contributed by atoms with E-state index in [4.69, 9.17) is 9.15 Å². The van der Waals surface area contributed by atoms with Crippen molar-refractivity contribution < 1.29 is 13.9 Å². The molecule has 0 radical (unpaired) electrons. The standard InChI is InChI=1S/C23H23N5O3/c1-30-17-8-6-16(7-9-17)20-14-24-21(31-20)15-27-10-12-28(13-11-27)23(29)22-18-4-2-3-5-19(18)25-26-22/h2-9,14H,10-13,15H2,1H3,(H,25,26). The van der Waals surface area contributed by atoms with Crippen LogP contribution in [0.5, 0.6) is 5.75 Å². The van der Waals surface area contributed by atoms with Crippen molar-refractivity contribution in [2.45, 2.75) is 6.54 Å². The molecule has 158 valence electrons. The molecule has 1 aliphatic rings. The first-order chi connectivity index (χ1) is 15.2. The number of nitrogens with one attached hydrogen (secondary N) is 1. The average molecular weight is 417 g/mol. The molecule has 0 atom stereocenters. The van der Waals surface area contributed by atoms with Crippen LogP contribution >= 0.6 is 0 Å². The Kier molecular flexibility index (Phi) is 5.13. The average Bonchev–Trinajstić information content (AvgIpc) is 3.46. The maximum absolute atomic E-state index is 12.9. The van der Waals surface area contributed by atoms with E-state index in [1.165, 1.54) is 0 Å². The van der Waals surface area contributed by atoms with Gasteiger partial charge < -0.3 is 14.1 Å². The van der Waals surface area contributed by atoms with Crippen molar-refractivity contribution in [3.63, 3.8) is 0 Å². The third-order valence-electron chi connectivity index (χ3n) is 5.62. The molecular weight excluding hydrogens is 394 g/mol. The minimum Gasteiger partial charge on any atom is -0.497 e. The lowest BCUT2D eigenvalue weighted by Gasteiger charge is -2.33. The number of oxazole rings is 1. The van der Waals surface area contributed by atoms with E-state index in [2.05, 4.69) is 20.1 Å². The van der Waals surface area contributed by atoms with E-state index in [1.807, 2.05) is 53.4 Å². The van der Waals surface area contributed by atoms with Gasteiger partial charge in [-0.15, -0.1) is 0 Å². The van der Waals surface area contributed by atoms with Gasteiger partial charge in [0.1, 0.15) is 5.75 Å². The molecule has 0 saturated carbocycles. The number of H-pyrrole nitrogens is 1. The second-order valence-corrected chi connectivity index (χ2v) is 7.53. The number of rotatable bonds is 5. The summed E-state index contributed by atoms with van der Waals surface area (Å²) in [6.45, 7) is 3.42. The van der Waals surface area contributed by atoms with Crippen molar-refractivity contribution in [3.05, 3.63) is 66.3 Å². The van der Waals surface area contributed by atoms with E-state index in [0.717, 1.165) is 41.1 Å². The number of hydrogen-bond acceptors (Lipinski definition) is 6. The SMILES string of the molecule is COc1ccc(-c2cnc(CN3CCN(C(=O)c4n[nH]c5ccccc45)CC3)o2)cc1. The van der Waals surface area contributed by atoms with Crippen LogP contribution in [0.3, 0.4) is 0 Å². The predicted octanol–water partition coefficient (Wildman–Crippen LogP) is 3.18. The third-order valence-corrected chi connectivity index (χ3v) is 5.62. The highest BCUT2D eigenvalue weighted by atomic mass is 16.5. The summed E-state index contributed by atoms with van der Waals surface area (Å²) in [5.41, 5.74) is 2.32. The summed E-state index contributed by atoms with van der Waals surface area (Å²) in [6, 6.07) is 15.4. The first-order valence-electron chi connectivity index (χ1n) is 10.2. The van der Waals surface area contributed by atoms with Gasteiger partial charge in [0.25, 0.3) is 5.91 Å². The number of aromatic amines is 1. The number of benzene rings is 2. The predicted molar refractivity (Wildman–Crippen MR) is 116 cm³/mol. The van der Waals surface area contributed by atoms with E-state index in [9.17, 15) is 4.79 Å². The van der Waals surface area contributed by atoms with E-state index in [-0.39, 0.29) is 5.91 Å². The van der Waals surface area contributed by atoms with Gasteiger partial charge in [0.15, 0.2) is 11.5 Å². The fourth-order valence-corrected chi connectivity index (χ4v) is 3.85. The van der Waals surface area contributed by atoms with Crippen molar-refractivity contribution in [1.29, 1.82) is 0 Å². The molecule has 1 amide bonds. The summed E-state index contributed by atoms with van der Waals surface area (Å²) in [7, 11) is 1.64. The summed E-state index contributed by atoms with van der Waals surface area (Å²) in [6.07, 6.45) is 1.75. The number of nitrogens with zero attached hydrogens (tertiary/aromatic N) is 4. The molecule has 5 rings (SSSR count). The molecule has 0 bridgehead atoms. The van der Waals surface area contributed by atoms with Gasteiger partial charge >= 0.3 is 0 Å². The minimum atomic E-state index is -0.0324. The number of carbonyl (C=O) groups excluding carboxylic acids is 1. The maximum atomic E-state index is 12.9. The normalized spacial score (nSPS) is 14.8. The number of para-hydroxylation sites is 1. The third kappa shape index (κ3) is 3.89. The van der Waals surface area contributed by atoms with Gasteiger partial charge in [0.2, 0.25) is 5.89 Å². The molecule has 2 aromatic carbocycles. The van der Waals surface area contributed by atoms with Gasteiger partial charge in [-0.05, 0) is 30.3 Å². The zero-order valence-corrected chi connectivity index (χ0v) is 17.2. The number of carbonyl (C=O) groups is 1. The van der Waals surface area contributed by atoms with Gasteiger partial charge in [-0.3, -0.25) is 14.8 Å². The first-order valence-corrected chi connectivity index (χ1v) is 10.2. The fourth-order valence-electron chi connectivity index (χ4n) is 3.85. The lowest BCUT2D eigenvalue weighted by molar-refractivity contribution is 0.0614. The van der Waals surface area contributed by atoms with Crippen LogP contribution < -0.4 is 4.74 Å². The van der Waals surface area contributed by atoms with Crippen LogP contribution in [0.2, 0.25) is 0 Å². The largest absolute Gasteiger partial charge is 0.497 e. The minimum absolute atomic E-state index is 0.0324. The first kappa shape index (κ1) is 19.3. The summed E-state index contributed by atoms with van der Waals surface area (Å²) in [5, 5.41) is 8.03. The van der Waals surface area contributed by atoms with Crippen molar-refractivity contribution in [3.8, 4) is 17.1 Å². The molecule has 0 spiro atoms. The van der Waals surface area contributed by atoms with Crippen LogP contribution in [0.1, 0.15) is 16.4 Å². The molecule has 2 aromatic heterocycles. The molecule has 8 nitrogen and oxygen atoms in total. The molecule has 3 heterocycles. The summed E-state index contributed by atoms with van der Waals surface area (Å²) >= 11 is 0. The van der Waals surface area contributed by atoms with Crippen molar-refractivity contribution >= 4 is 16.8 Å². The Bertz CT molecular complexity index is 1190. The van der Waals surface area contributed by atoms with Crippen LogP contribution in [0.15, 0.2) is 59.1 Å². The van der Waals surface area contributed by atoms with Crippen molar-refractivity contribution in [1.82, 2.24) is 25.0 Å². The molecule has 1 fully saturated rings. The van der Waals surface area contributed by atoms with E-state index < -0.39 is 0 Å². The molecule has 31 heavy (non-hydrogen) atoms. The number of amides is 1. The van der Waals surface area contributed by atoms with Crippen LogP contribution in [0, 0.1) is 0 Å². The zero-order valence-electron chi connectivity index (χ0n) is 17.2. The number of ether oxygens (including phenoxy) is 1. The maximum Gasteiger partial charge on any atom is 0.275 e. The number of hydrogen-bond donors (Lipinski definition) is 1. The quantitative estimate of drug-likeness (QED) is 0.537. The molecular formula is C23H23N5O3. The molecule has 1 saturated heterocycles. The Hall–Kier alpha value is -3.65. The van der Waals surface area contributed by atoms with Crippen LogP contribution in [0.25, 0.3) is 22.2 Å². The second-order valence-electron chi connectivity index (χ2n) is 7.53. The van der Waals surface area contributed by atoms with Gasteiger partial charge in [-0.2, -0.15) is 5.10 Å². The highest BCUT2D eigenvalue weighted by molar-refractivity contribution is 6.04. The fraction of sp³-hybridized carbons (Fsp3) is 0.261. The van der Waals surface area contributed by atoms with Crippen molar-refractivity contribution in [2.75, 3.05) is 33.3 Å². The molecule has 4 aromatic rings. The van der Waals surface area contributed by atoms with Crippen molar-refractivity contribution in [2.24, 2.45) is 0 Å². The molecule has 0 unspecified atom stereocenters. The van der Waals surface area contributed by atoms with Gasteiger partial charge in [-0.1, -0.05) is 18.2 Å². The number of fused-ring (bicyclic) bond motifs is 1. The van der Waals surface area contributed by atoms with Gasteiger partial charge in [0.05, 0.1) is 25.4 Å². The topological polar surface area (TPSA) is 87.5 Å². The molecule has 1 aliphatic heterocycles. The second kappa shape index (κ2) is 8.23. The summed E-state index contributed by atoms with van der Waals surface area (Å²) < 4.78 is 11.1. The monoisotopic (exact) mass is 417 g/mol. The number of aromatic nitrogens is 3.